The standard InChI is InChI=1S/C17H20N2OS/c1-12(11-13-5-4-10-21-13)19-17(20)15-8-9-18-16-7-3-2-6-14(15)16/h2-7,10,12,15,18H,8-9,11H2,1H3,(H,19,20). The zero-order chi connectivity index (χ0) is 14.7. The normalized spacial score (nSPS) is 18.4. The molecule has 3 rings (SSSR count). The number of hydrogen-bond acceptors (Lipinski definition) is 3. The summed E-state index contributed by atoms with van der Waals surface area (Å²) >= 11 is 1.74. The first kappa shape index (κ1) is 14.1. The van der Waals surface area contributed by atoms with Crippen LogP contribution in [0.2, 0.25) is 0 Å². The molecule has 1 amide bonds. The zero-order valence-electron chi connectivity index (χ0n) is 12.1. The number of anilines is 1. The Kier molecular flexibility index (Phi) is 4.25. The quantitative estimate of drug-likeness (QED) is 0.908. The fourth-order valence-electron chi connectivity index (χ4n) is 2.87. The van der Waals surface area contributed by atoms with Crippen LogP contribution in [0.4, 0.5) is 5.69 Å². The van der Waals surface area contributed by atoms with Gasteiger partial charge in [-0.3, -0.25) is 4.79 Å². The second-order valence-electron chi connectivity index (χ2n) is 5.55. The van der Waals surface area contributed by atoms with Crippen molar-refractivity contribution in [2.75, 3.05) is 11.9 Å². The summed E-state index contributed by atoms with van der Waals surface area (Å²) in [5.74, 6) is 0.112. The van der Waals surface area contributed by atoms with Crippen molar-refractivity contribution in [3.63, 3.8) is 0 Å². The van der Waals surface area contributed by atoms with Crippen LogP contribution in [0.25, 0.3) is 0 Å². The molecule has 1 aromatic heterocycles. The van der Waals surface area contributed by atoms with Crippen molar-refractivity contribution in [1.29, 1.82) is 0 Å². The van der Waals surface area contributed by atoms with E-state index in [2.05, 4.69) is 41.1 Å². The maximum atomic E-state index is 12.6. The Morgan fingerprint density at radius 3 is 3.05 bits per heavy atom. The molecule has 0 saturated carbocycles. The molecule has 3 nitrogen and oxygen atoms in total. The molecule has 2 unspecified atom stereocenters. The number of carbonyl (C=O) groups is 1. The summed E-state index contributed by atoms with van der Waals surface area (Å²) in [6.07, 6.45) is 1.75. The Morgan fingerprint density at radius 1 is 1.38 bits per heavy atom. The summed E-state index contributed by atoms with van der Waals surface area (Å²) in [4.78, 5) is 13.9. The summed E-state index contributed by atoms with van der Waals surface area (Å²) in [6, 6.07) is 12.4. The molecule has 0 fully saturated rings. The fourth-order valence-corrected chi connectivity index (χ4v) is 3.70. The molecule has 1 aliphatic rings. The lowest BCUT2D eigenvalue weighted by atomic mass is 9.90. The molecule has 2 aromatic rings. The summed E-state index contributed by atoms with van der Waals surface area (Å²) in [5.41, 5.74) is 2.21. The van der Waals surface area contributed by atoms with Crippen molar-refractivity contribution in [1.82, 2.24) is 5.32 Å². The molecule has 2 heterocycles. The van der Waals surface area contributed by atoms with Crippen molar-refractivity contribution in [3.05, 3.63) is 52.2 Å². The van der Waals surface area contributed by atoms with Crippen LogP contribution in [0.3, 0.4) is 0 Å². The maximum absolute atomic E-state index is 12.6. The van der Waals surface area contributed by atoms with Crippen LogP contribution in [-0.2, 0) is 11.2 Å². The van der Waals surface area contributed by atoms with E-state index >= 15 is 0 Å². The summed E-state index contributed by atoms with van der Waals surface area (Å²) in [5, 5.41) is 8.60. The van der Waals surface area contributed by atoms with Crippen LogP contribution >= 0.6 is 11.3 Å². The molecule has 0 saturated heterocycles. The average molecular weight is 300 g/mol. The van der Waals surface area contributed by atoms with Crippen LogP contribution < -0.4 is 10.6 Å². The largest absolute Gasteiger partial charge is 0.385 e. The third-order valence-corrected chi connectivity index (χ3v) is 4.78. The SMILES string of the molecule is CC(Cc1cccs1)NC(=O)C1CCNc2ccccc21. The molecule has 0 radical (unpaired) electrons. The van der Waals surface area contributed by atoms with Crippen molar-refractivity contribution in [2.45, 2.75) is 31.7 Å². The van der Waals surface area contributed by atoms with Gasteiger partial charge in [0.05, 0.1) is 5.92 Å². The molecule has 4 heteroatoms. The van der Waals surface area contributed by atoms with Gasteiger partial charge in [0.25, 0.3) is 0 Å². The Balaban J connectivity index is 1.66. The number of rotatable bonds is 4. The van der Waals surface area contributed by atoms with E-state index in [1.807, 2.05) is 18.2 Å². The predicted octanol–water partition coefficient (Wildman–Crippen LogP) is 3.39. The number of thiophene rings is 1. The Morgan fingerprint density at radius 2 is 2.24 bits per heavy atom. The van der Waals surface area contributed by atoms with Gasteiger partial charge in [-0.1, -0.05) is 24.3 Å². The van der Waals surface area contributed by atoms with Gasteiger partial charge in [-0.05, 0) is 36.4 Å². The second kappa shape index (κ2) is 6.31. The van der Waals surface area contributed by atoms with E-state index in [-0.39, 0.29) is 17.9 Å². The maximum Gasteiger partial charge on any atom is 0.227 e. The monoisotopic (exact) mass is 300 g/mol. The van der Waals surface area contributed by atoms with E-state index in [9.17, 15) is 4.79 Å². The molecule has 0 bridgehead atoms. The van der Waals surface area contributed by atoms with Crippen molar-refractivity contribution in [3.8, 4) is 0 Å². The molecule has 0 spiro atoms. The lowest BCUT2D eigenvalue weighted by Crippen LogP contribution is -2.39. The molecule has 21 heavy (non-hydrogen) atoms. The molecule has 110 valence electrons. The van der Waals surface area contributed by atoms with E-state index in [1.54, 1.807) is 11.3 Å². The number of benzene rings is 1. The van der Waals surface area contributed by atoms with Crippen LogP contribution in [0.5, 0.6) is 0 Å². The highest BCUT2D eigenvalue weighted by Gasteiger charge is 2.26. The fraction of sp³-hybridized carbons (Fsp3) is 0.353. The lowest BCUT2D eigenvalue weighted by Gasteiger charge is -2.27. The van der Waals surface area contributed by atoms with E-state index < -0.39 is 0 Å². The Bertz CT molecular complexity index is 609. The minimum Gasteiger partial charge on any atom is -0.385 e. The second-order valence-corrected chi connectivity index (χ2v) is 6.58. The van der Waals surface area contributed by atoms with Gasteiger partial charge in [0, 0.05) is 29.6 Å². The zero-order valence-corrected chi connectivity index (χ0v) is 13.0. The number of nitrogens with one attached hydrogen (secondary N) is 2. The first-order valence-electron chi connectivity index (χ1n) is 7.39. The van der Waals surface area contributed by atoms with Crippen molar-refractivity contribution < 1.29 is 4.79 Å². The smallest absolute Gasteiger partial charge is 0.227 e. The summed E-state index contributed by atoms with van der Waals surface area (Å²) in [6.45, 7) is 2.93. The van der Waals surface area contributed by atoms with Gasteiger partial charge in [-0.25, -0.2) is 0 Å². The summed E-state index contributed by atoms with van der Waals surface area (Å²) < 4.78 is 0. The third kappa shape index (κ3) is 3.27. The van der Waals surface area contributed by atoms with E-state index in [0.29, 0.717) is 0 Å². The van der Waals surface area contributed by atoms with Crippen LogP contribution in [0.1, 0.15) is 29.7 Å². The molecule has 1 aliphatic heterocycles. The lowest BCUT2D eigenvalue weighted by molar-refractivity contribution is -0.123. The number of hydrogen-bond donors (Lipinski definition) is 2. The molecule has 2 N–H and O–H groups in total. The van der Waals surface area contributed by atoms with E-state index in [0.717, 1.165) is 30.6 Å². The minimum absolute atomic E-state index is 0.0340. The molecule has 1 aromatic carbocycles. The average Bonchev–Trinajstić information content (AvgIpc) is 2.99. The Labute approximate surface area is 129 Å². The molecule has 0 aliphatic carbocycles. The molecule has 2 atom stereocenters. The van der Waals surface area contributed by atoms with Crippen molar-refractivity contribution >= 4 is 22.9 Å². The van der Waals surface area contributed by atoms with Gasteiger partial charge in [-0.15, -0.1) is 11.3 Å². The van der Waals surface area contributed by atoms with Gasteiger partial charge in [-0.2, -0.15) is 0 Å². The highest BCUT2D eigenvalue weighted by atomic mass is 32.1. The molecular formula is C17H20N2OS. The van der Waals surface area contributed by atoms with Gasteiger partial charge in [0.15, 0.2) is 0 Å². The third-order valence-electron chi connectivity index (χ3n) is 3.88. The van der Waals surface area contributed by atoms with Crippen LogP contribution in [-0.4, -0.2) is 18.5 Å². The van der Waals surface area contributed by atoms with Crippen LogP contribution in [0.15, 0.2) is 41.8 Å². The van der Waals surface area contributed by atoms with Crippen LogP contribution in [0, 0.1) is 0 Å². The number of carbonyl (C=O) groups excluding carboxylic acids is 1. The topological polar surface area (TPSA) is 41.1 Å². The van der Waals surface area contributed by atoms with Gasteiger partial charge < -0.3 is 10.6 Å². The minimum atomic E-state index is -0.0340. The van der Waals surface area contributed by atoms with E-state index in [4.69, 9.17) is 0 Å². The Hall–Kier alpha value is -1.81. The number of fused-ring (bicyclic) bond motifs is 1. The van der Waals surface area contributed by atoms with Gasteiger partial charge in [0.2, 0.25) is 5.91 Å². The highest BCUT2D eigenvalue weighted by molar-refractivity contribution is 7.09. The highest BCUT2D eigenvalue weighted by Crippen LogP contribution is 2.31. The first-order valence-corrected chi connectivity index (χ1v) is 8.27. The van der Waals surface area contributed by atoms with E-state index in [1.165, 1.54) is 4.88 Å². The predicted molar refractivity (Wildman–Crippen MR) is 87.9 cm³/mol. The number of para-hydroxylation sites is 1. The van der Waals surface area contributed by atoms with Gasteiger partial charge >= 0.3 is 0 Å². The van der Waals surface area contributed by atoms with Gasteiger partial charge in [0.1, 0.15) is 0 Å². The molecular weight excluding hydrogens is 280 g/mol. The van der Waals surface area contributed by atoms with Crippen molar-refractivity contribution in [2.24, 2.45) is 0 Å². The first-order chi connectivity index (χ1) is 10.2. The number of amides is 1. The summed E-state index contributed by atoms with van der Waals surface area (Å²) in [7, 11) is 0.